The standard InChI is InChI=1S/C20H14Cl2N2/c1-23-17-7-11(21)3-5-13(17)15-10-20-16(9-19(15)23)14-6-4-12(22)8-18(14)24(20)2/h3-10H,1-2H3. The molecule has 2 aromatic heterocycles. The van der Waals surface area contributed by atoms with Crippen LogP contribution in [-0.4, -0.2) is 9.13 Å². The van der Waals surface area contributed by atoms with Gasteiger partial charge in [-0.05, 0) is 36.4 Å². The molecule has 0 spiro atoms. The zero-order chi connectivity index (χ0) is 16.6. The summed E-state index contributed by atoms with van der Waals surface area (Å²) in [5, 5.41) is 6.46. The van der Waals surface area contributed by atoms with Gasteiger partial charge in [0.25, 0.3) is 0 Å². The fourth-order valence-electron chi connectivity index (χ4n) is 3.84. The Morgan fingerprint density at radius 2 is 0.917 bits per heavy atom. The summed E-state index contributed by atoms with van der Waals surface area (Å²) in [5.74, 6) is 0. The first-order chi connectivity index (χ1) is 11.5. The lowest BCUT2D eigenvalue weighted by molar-refractivity contribution is 1.01. The van der Waals surface area contributed by atoms with Gasteiger partial charge in [-0.25, -0.2) is 0 Å². The molecule has 24 heavy (non-hydrogen) atoms. The first kappa shape index (κ1) is 14.2. The maximum Gasteiger partial charge on any atom is 0.0503 e. The predicted molar refractivity (Wildman–Crippen MR) is 104 cm³/mol. The molecule has 0 aliphatic carbocycles. The summed E-state index contributed by atoms with van der Waals surface area (Å²) in [6.45, 7) is 0. The molecule has 0 fully saturated rings. The highest BCUT2D eigenvalue weighted by Crippen LogP contribution is 2.37. The molecule has 4 heteroatoms. The van der Waals surface area contributed by atoms with Crippen molar-refractivity contribution in [1.82, 2.24) is 9.13 Å². The van der Waals surface area contributed by atoms with E-state index in [0.29, 0.717) is 0 Å². The summed E-state index contributed by atoms with van der Waals surface area (Å²) in [5.41, 5.74) is 4.73. The van der Waals surface area contributed by atoms with Crippen LogP contribution in [0.1, 0.15) is 0 Å². The Kier molecular flexibility index (Phi) is 2.77. The molecule has 0 aliphatic heterocycles. The van der Waals surface area contributed by atoms with Gasteiger partial charge in [-0.1, -0.05) is 35.3 Å². The average Bonchev–Trinajstić information content (AvgIpc) is 2.99. The first-order valence-electron chi connectivity index (χ1n) is 7.80. The van der Waals surface area contributed by atoms with Gasteiger partial charge >= 0.3 is 0 Å². The van der Waals surface area contributed by atoms with Gasteiger partial charge < -0.3 is 9.13 Å². The number of rotatable bonds is 0. The number of fused-ring (bicyclic) bond motifs is 6. The molecule has 5 aromatic rings. The molecule has 3 aromatic carbocycles. The van der Waals surface area contributed by atoms with Crippen molar-refractivity contribution in [2.75, 3.05) is 0 Å². The predicted octanol–water partition coefficient (Wildman–Crippen LogP) is 6.28. The normalized spacial score (nSPS) is 12.2. The van der Waals surface area contributed by atoms with Crippen molar-refractivity contribution in [3.8, 4) is 0 Å². The summed E-state index contributed by atoms with van der Waals surface area (Å²) in [6.07, 6.45) is 0. The summed E-state index contributed by atoms with van der Waals surface area (Å²) in [7, 11) is 4.18. The Labute approximate surface area is 148 Å². The van der Waals surface area contributed by atoms with E-state index in [4.69, 9.17) is 23.2 Å². The Morgan fingerprint density at radius 3 is 1.33 bits per heavy atom. The van der Waals surface area contributed by atoms with Crippen molar-refractivity contribution in [2.45, 2.75) is 0 Å². The van der Waals surface area contributed by atoms with Crippen LogP contribution in [0.4, 0.5) is 0 Å². The Bertz CT molecular complexity index is 1190. The summed E-state index contributed by atoms with van der Waals surface area (Å²) < 4.78 is 4.43. The van der Waals surface area contributed by atoms with Gasteiger partial charge in [0.1, 0.15) is 0 Å². The van der Waals surface area contributed by atoms with Crippen molar-refractivity contribution in [2.24, 2.45) is 14.1 Å². The fraction of sp³-hybridized carbons (Fsp3) is 0.100. The minimum atomic E-state index is 0.762. The van der Waals surface area contributed by atoms with Crippen LogP contribution in [0.3, 0.4) is 0 Å². The lowest BCUT2D eigenvalue weighted by atomic mass is 10.1. The minimum absolute atomic E-state index is 0.762. The summed E-state index contributed by atoms with van der Waals surface area (Å²) in [4.78, 5) is 0. The largest absolute Gasteiger partial charge is 0.344 e. The van der Waals surface area contributed by atoms with Gasteiger partial charge in [0, 0.05) is 56.7 Å². The van der Waals surface area contributed by atoms with Crippen LogP contribution in [0.5, 0.6) is 0 Å². The topological polar surface area (TPSA) is 9.86 Å². The van der Waals surface area contributed by atoms with Gasteiger partial charge in [0.05, 0.1) is 11.0 Å². The van der Waals surface area contributed by atoms with E-state index in [1.165, 1.54) is 32.6 Å². The second-order valence-corrected chi connectivity index (χ2v) is 7.20. The molecule has 0 atom stereocenters. The zero-order valence-corrected chi connectivity index (χ0v) is 14.8. The molecule has 0 N–H and O–H groups in total. The molecular weight excluding hydrogens is 339 g/mol. The molecule has 0 aliphatic rings. The van der Waals surface area contributed by atoms with Crippen LogP contribution < -0.4 is 0 Å². The van der Waals surface area contributed by atoms with E-state index < -0.39 is 0 Å². The van der Waals surface area contributed by atoms with E-state index >= 15 is 0 Å². The third-order valence-corrected chi connectivity index (χ3v) is 5.53. The minimum Gasteiger partial charge on any atom is -0.344 e. The second-order valence-electron chi connectivity index (χ2n) is 6.33. The molecule has 0 saturated heterocycles. The monoisotopic (exact) mass is 352 g/mol. The number of hydrogen-bond donors (Lipinski definition) is 0. The molecule has 0 unspecified atom stereocenters. The van der Waals surface area contributed by atoms with Crippen molar-refractivity contribution in [3.63, 3.8) is 0 Å². The Hall–Kier alpha value is -2.16. The molecule has 118 valence electrons. The van der Waals surface area contributed by atoms with Crippen LogP contribution in [0.25, 0.3) is 43.6 Å². The number of hydrogen-bond acceptors (Lipinski definition) is 0. The zero-order valence-electron chi connectivity index (χ0n) is 13.3. The molecule has 0 bridgehead atoms. The highest BCUT2D eigenvalue weighted by Gasteiger charge is 2.14. The number of benzene rings is 3. The van der Waals surface area contributed by atoms with Crippen LogP contribution in [0.15, 0.2) is 48.5 Å². The van der Waals surface area contributed by atoms with Gasteiger partial charge in [-0.15, -0.1) is 0 Å². The van der Waals surface area contributed by atoms with Crippen molar-refractivity contribution in [1.29, 1.82) is 0 Å². The van der Waals surface area contributed by atoms with E-state index in [1.807, 2.05) is 24.3 Å². The van der Waals surface area contributed by atoms with Crippen molar-refractivity contribution >= 4 is 66.8 Å². The van der Waals surface area contributed by atoms with Crippen LogP contribution in [-0.2, 0) is 14.1 Å². The second kappa shape index (κ2) is 4.69. The van der Waals surface area contributed by atoms with Gasteiger partial charge in [-0.3, -0.25) is 0 Å². The van der Waals surface area contributed by atoms with E-state index in [1.54, 1.807) is 0 Å². The molecule has 2 heterocycles. The molecule has 0 amide bonds. The van der Waals surface area contributed by atoms with Crippen LogP contribution in [0, 0.1) is 0 Å². The first-order valence-corrected chi connectivity index (χ1v) is 8.55. The van der Waals surface area contributed by atoms with Crippen LogP contribution >= 0.6 is 23.2 Å². The SMILES string of the molecule is Cn1c2cc(Cl)ccc2c2cc3c(cc21)c1ccc(Cl)cc1n3C. The van der Waals surface area contributed by atoms with E-state index in [-0.39, 0.29) is 0 Å². The smallest absolute Gasteiger partial charge is 0.0503 e. The number of aromatic nitrogens is 2. The van der Waals surface area contributed by atoms with Crippen LogP contribution in [0.2, 0.25) is 10.0 Å². The third kappa shape index (κ3) is 1.73. The van der Waals surface area contributed by atoms with E-state index in [0.717, 1.165) is 21.1 Å². The Balaban J connectivity index is 2.04. The van der Waals surface area contributed by atoms with E-state index in [9.17, 15) is 0 Å². The third-order valence-electron chi connectivity index (χ3n) is 5.06. The van der Waals surface area contributed by atoms with E-state index in [2.05, 4.69) is 47.5 Å². The maximum absolute atomic E-state index is 6.19. The van der Waals surface area contributed by atoms with Crippen molar-refractivity contribution in [3.05, 3.63) is 58.6 Å². The molecule has 0 saturated carbocycles. The highest BCUT2D eigenvalue weighted by atomic mass is 35.5. The average molecular weight is 353 g/mol. The fourth-order valence-corrected chi connectivity index (χ4v) is 4.18. The lowest BCUT2D eigenvalue weighted by Crippen LogP contribution is -1.87. The number of halogens is 2. The molecule has 0 radical (unpaired) electrons. The molecule has 2 nitrogen and oxygen atoms in total. The Morgan fingerprint density at radius 1 is 0.542 bits per heavy atom. The van der Waals surface area contributed by atoms with Gasteiger partial charge in [0.15, 0.2) is 0 Å². The maximum atomic E-state index is 6.19. The summed E-state index contributed by atoms with van der Waals surface area (Å²) >= 11 is 12.4. The van der Waals surface area contributed by atoms with Crippen molar-refractivity contribution < 1.29 is 0 Å². The summed E-state index contributed by atoms with van der Waals surface area (Å²) in [6, 6.07) is 16.7. The molecule has 5 rings (SSSR count). The number of aryl methyl sites for hydroxylation is 2. The highest BCUT2D eigenvalue weighted by molar-refractivity contribution is 6.32. The van der Waals surface area contributed by atoms with Gasteiger partial charge in [-0.2, -0.15) is 0 Å². The molecular formula is C20H14Cl2N2. The quantitative estimate of drug-likeness (QED) is 0.310. The van der Waals surface area contributed by atoms with Gasteiger partial charge in [0.2, 0.25) is 0 Å². The number of nitrogens with zero attached hydrogens (tertiary/aromatic N) is 2. The lowest BCUT2D eigenvalue weighted by Gasteiger charge is -2.00.